The molecule has 0 fully saturated rings. The zero-order valence-corrected chi connectivity index (χ0v) is 14.1. The molecule has 5 heteroatoms. The molecule has 0 aliphatic rings. The van der Waals surface area contributed by atoms with E-state index in [0.717, 1.165) is 22.5 Å². The van der Waals surface area contributed by atoms with E-state index in [1.165, 1.54) is 5.56 Å². The van der Waals surface area contributed by atoms with Crippen molar-refractivity contribution in [1.29, 1.82) is 0 Å². The molecule has 0 N–H and O–H groups in total. The van der Waals surface area contributed by atoms with E-state index in [2.05, 4.69) is 54.6 Å². The molecule has 0 bridgehead atoms. The average molecular weight is 305 g/mol. The Morgan fingerprint density at radius 2 is 1.95 bits per heavy atom. The van der Waals surface area contributed by atoms with E-state index in [0.29, 0.717) is 12.0 Å². The molecule has 114 valence electrons. The van der Waals surface area contributed by atoms with E-state index in [4.69, 9.17) is 4.74 Å². The molecule has 1 heterocycles. The van der Waals surface area contributed by atoms with Crippen molar-refractivity contribution in [2.24, 2.45) is 0 Å². The highest BCUT2D eigenvalue weighted by molar-refractivity contribution is 7.98. The van der Waals surface area contributed by atoms with Gasteiger partial charge in [0.1, 0.15) is 11.6 Å². The number of methoxy groups -OCH3 is 1. The van der Waals surface area contributed by atoms with Gasteiger partial charge in [-0.05, 0) is 31.5 Å². The van der Waals surface area contributed by atoms with Gasteiger partial charge < -0.3 is 9.30 Å². The lowest BCUT2D eigenvalue weighted by atomic mass is 10.2. The zero-order valence-electron chi connectivity index (χ0n) is 13.3. The van der Waals surface area contributed by atoms with E-state index in [9.17, 15) is 0 Å². The summed E-state index contributed by atoms with van der Waals surface area (Å²) in [7, 11) is 1.69. The van der Waals surface area contributed by atoms with Gasteiger partial charge in [-0.1, -0.05) is 37.7 Å². The molecule has 1 aromatic heterocycles. The van der Waals surface area contributed by atoms with Gasteiger partial charge in [-0.3, -0.25) is 0 Å². The molecular weight excluding hydrogens is 282 g/mol. The van der Waals surface area contributed by atoms with Crippen LogP contribution in [0, 0.1) is 0 Å². The van der Waals surface area contributed by atoms with Crippen molar-refractivity contribution in [2.45, 2.75) is 50.6 Å². The Labute approximate surface area is 130 Å². The summed E-state index contributed by atoms with van der Waals surface area (Å²) in [5.74, 6) is 3.19. The number of thioether (sulfide) groups is 1. The van der Waals surface area contributed by atoms with Crippen molar-refractivity contribution in [2.75, 3.05) is 7.11 Å². The molecular formula is C16H23N3OS. The fourth-order valence-electron chi connectivity index (χ4n) is 2.18. The number of rotatable bonds is 6. The van der Waals surface area contributed by atoms with Crippen LogP contribution >= 0.6 is 11.8 Å². The van der Waals surface area contributed by atoms with Crippen molar-refractivity contribution in [3.63, 3.8) is 0 Å². The summed E-state index contributed by atoms with van der Waals surface area (Å²) < 4.78 is 7.49. The van der Waals surface area contributed by atoms with Crippen LogP contribution in [0.4, 0.5) is 0 Å². The monoisotopic (exact) mass is 305 g/mol. The average Bonchev–Trinajstić information content (AvgIpc) is 2.89. The van der Waals surface area contributed by atoms with Gasteiger partial charge in [0.15, 0.2) is 5.16 Å². The van der Waals surface area contributed by atoms with Crippen LogP contribution in [0.25, 0.3) is 0 Å². The van der Waals surface area contributed by atoms with E-state index in [-0.39, 0.29) is 0 Å². The molecule has 0 atom stereocenters. The molecule has 0 radical (unpaired) electrons. The summed E-state index contributed by atoms with van der Waals surface area (Å²) in [6.45, 7) is 8.65. The molecule has 2 aromatic rings. The largest absolute Gasteiger partial charge is 0.497 e. The molecule has 0 unspecified atom stereocenters. The maximum atomic E-state index is 5.26. The van der Waals surface area contributed by atoms with Crippen molar-refractivity contribution < 1.29 is 4.74 Å². The first-order valence-corrected chi connectivity index (χ1v) is 8.22. The van der Waals surface area contributed by atoms with Gasteiger partial charge in [0.2, 0.25) is 0 Å². The van der Waals surface area contributed by atoms with E-state index < -0.39 is 0 Å². The Morgan fingerprint density at radius 3 is 2.57 bits per heavy atom. The fraction of sp³-hybridized carbons (Fsp3) is 0.500. The van der Waals surface area contributed by atoms with Gasteiger partial charge in [-0.15, -0.1) is 10.2 Å². The SMILES string of the molecule is COc1cccc(CSc2nnc(C(C)C)n2C(C)C)c1. The second-order valence-corrected chi connectivity index (χ2v) is 6.54. The third-order valence-electron chi connectivity index (χ3n) is 3.23. The van der Waals surface area contributed by atoms with Gasteiger partial charge in [-0.2, -0.15) is 0 Å². The first-order valence-electron chi connectivity index (χ1n) is 7.23. The van der Waals surface area contributed by atoms with Crippen LogP contribution in [0.2, 0.25) is 0 Å². The fourth-order valence-corrected chi connectivity index (χ4v) is 3.19. The predicted octanol–water partition coefficient (Wildman–Crippen LogP) is 4.28. The summed E-state index contributed by atoms with van der Waals surface area (Å²) in [5, 5.41) is 9.69. The summed E-state index contributed by atoms with van der Waals surface area (Å²) in [5.41, 5.74) is 1.23. The number of benzene rings is 1. The molecule has 0 saturated heterocycles. The van der Waals surface area contributed by atoms with Crippen LogP contribution in [0.1, 0.15) is 51.0 Å². The Morgan fingerprint density at radius 1 is 1.19 bits per heavy atom. The molecule has 0 aliphatic heterocycles. The van der Waals surface area contributed by atoms with Crippen LogP contribution in [0.3, 0.4) is 0 Å². The number of hydrogen-bond acceptors (Lipinski definition) is 4. The quantitative estimate of drug-likeness (QED) is 0.747. The smallest absolute Gasteiger partial charge is 0.191 e. The van der Waals surface area contributed by atoms with Crippen LogP contribution in [0.15, 0.2) is 29.4 Å². The second kappa shape index (κ2) is 6.98. The van der Waals surface area contributed by atoms with Gasteiger partial charge in [-0.25, -0.2) is 0 Å². The molecule has 0 spiro atoms. The van der Waals surface area contributed by atoms with Crippen molar-refractivity contribution >= 4 is 11.8 Å². The number of hydrogen-bond donors (Lipinski definition) is 0. The molecule has 2 rings (SSSR count). The van der Waals surface area contributed by atoms with Crippen LogP contribution < -0.4 is 4.74 Å². The minimum absolute atomic E-state index is 0.366. The summed E-state index contributed by atoms with van der Waals surface area (Å²) >= 11 is 1.72. The summed E-state index contributed by atoms with van der Waals surface area (Å²) in [6, 6.07) is 8.51. The number of aromatic nitrogens is 3. The molecule has 0 aliphatic carbocycles. The maximum Gasteiger partial charge on any atom is 0.191 e. The summed E-state index contributed by atoms with van der Waals surface area (Å²) in [4.78, 5) is 0. The van der Waals surface area contributed by atoms with Gasteiger partial charge in [0.25, 0.3) is 0 Å². The highest BCUT2D eigenvalue weighted by Gasteiger charge is 2.17. The van der Waals surface area contributed by atoms with Crippen LogP contribution in [0.5, 0.6) is 5.75 Å². The van der Waals surface area contributed by atoms with Gasteiger partial charge in [0, 0.05) is 17.7 Å². The third kappa shape index (κ3) is 3.79. The lowest BCUT2D eigenvalue weighted by Crippen LogP contribution is -2.09. The molecule has 1 aromatic carbocycles. The Kier molecular flexibility index (Phi) is 5.28. The standard InChI is InChI=1S/C16H23N3OS/c1-11(2)15-17-18-16(19(15)12(3)4)21-10-13-7-6-8-14(9-13)20-5/h6-9,11-12H,10H2,1-5H3. The van der Waals surface area contributed by atoms with Gasteiger partial charge in [0.05, 0.1) is 7.11 Å². The van der Waals surface area contributed by atoms with Crippen molar-refractivity contribution in [3.8, 4) is 5.75 Å². The third-order valence-corrected chi connectivity index (χ3v) is 4.24. The molecule has 0 saturated carbocycles. The van der Waals surface area contributed by atoms with Crippen molar-refractivity contribution in [1.82, 2.24) is 14.8 Å². The Hall–Kier alpha value is -1.49. The van der Waals surface area contributed by atoms with E-state index in [1.54, 1.807) is 18.9 Å². The molecule has 0 amide bonds. The molecule has 21 heavy (non-hydrogen) atoms. The highest BCUT2D eigenvalue weighted by Crippen LogP contribution is 2.28. The zero-order chi connectivity index (χ0) is 15.4. The number of nitrogens with zero attached hydrogens (tertiary/aromatic N) is 3. The summed E-state index contributed by atoms with van der Waals surface area (Å²) in [6.07, 6.45) is 0. The molecule has 4 nitrogen and oxygen atoms in total. The lowest BCUT2D eigenvalue weighted by Gasteiger charge is -2.15. The van der Waals surface area contributed by atoms with Crippen LogP contribution in [-0.2, 0) is 5.75 Å². The first-order chi connectivity index (χ1) is 10.0. The lowest BCUT2D eigenvalue weighted by molar-refractivity contribution is 0.414. The predicted molar refractivity (Wildman–Crippen MR) is 87.1 cm³/mol. The number of ether oxygens (including phenoxy) is 1. The van der Waals surface area contributed by atoms with Gasteiger partial charge >= 0.3 is 0 Å². The van der Waals surface area contributed by atoms with Crippen LogP contribution in [-0.4, -0.2) is 21.9 Å². The van der Waals surface area contributed by atoms with E-state index in [1.807, 2.05) is 12.1 Å². The normalized spacial score (nSPS) is 11.4. The highest BCUT2D eigenvalue weighted by atomic mass is 32.2. The minimum atomic E-state index is 0.366. The first kappa shape index (κ1) is 15.9. The minimum Gasteiger partial charge on any atom is -0.497 e. The Balaban J connectivity index is 2.16. The van der Waals surface area contributed by atoms with E-state index >= 15 is 0 Å². The second-order valence-electron chi connectivity index (χ2n) is 5.60. The maximum absolute atomic E-state index is 5.26. The topological polar surface area (TPSA) is 39.9 Å². The van der Waals surface area contributed by atoms with Crippen molar-refractivity contribution in [3.05, 3.63) is 35.7 Å². The Bertz CT molecular complexity index is 593.